The van der Waals surface area contributed by atoms with Gasteiger partial charge < -0.3 is 10.6 Å². The zero-order chi connectivity index (χ0) is 11.3. The van der Waals surface area contributed by atoms with Crippen molar-refractivity contribution in [1.82, 2.24) is 16.0 Å². The standard InChI is InChI=1S/C9H17N3O2S/c1-3-6-4-7(13)12-9(11-6)15-5-8(14)10-2/h6,9,11H,3-5H2,1-2H3,(H,10,14)(H,12,13). The number of carbonyl (C=O) groups excluding carboxylic acids is 2. The van der Waals surface area contributed by atoms with Crippen LogP contribution < -0.4 is 16.0 Å². The van der Waals surface area contributed by atoms with Crippen LogP contribution in [0.15, 0.2) is 0 Å². The van der Waals surface area contributed by atoms with Gasteiger partial charge in [0, 0.05) is 19.5 Å². The maximum atomic E-state index is 11.3. The largest absolute Gasteiger partial charge is 0.358 e. The highest BCUT2D eigenvalue weighted by atomic mass is 32.2. The molecule has 0 spiro atoms. The molecule has 0 radical (unpaired) electrons. The van der Waals surface area contributed by atoms with Crippen molar-refractivity contribution in [2.75, 3.05) is 12.8 Å². The molecule has 0 aromatic heterocycles. The first kappa shape index (κ1) is 12.3. The molecule has 86 valence electrons. The average Bonchev–Trinajstić information content (AvgIpc) is 2.25. The van der Waals surface area contributed by atoms with Crippen LogP contribution in [-0.2, 0) is 9.59 Å². The van der Waals surface area contributed by atoms with Gasteiger partial charge in [0.05, 0.1) is 5.75 Å². The van der Waals surface area contributed by atoms with Crippen molar-refractivity contribution in [3.63, 3.8) is 0 Å². The van der Waals surface area contributed by atoms with E-state index in [1.165, 1.54) is 11.8 Å². The maximum Gasteiger partial charge on any atom is 0.229 e. The molecule has 1 fully saturated rings. The third-order valence-corrected chi connectivity index (χ3v) is 3.28. The Morgan fingerprint density at radius 1 is 1.67 bits per heavy atom. The van der Waals surface area contributed by atoms with Gasteiger partial charge in [-0.25, -0.2) is 0 Å². The summed E-state index contributed by atoms with van der Waals surface area (Å²) in [6, 6.07) is 0.223. The van der Waals surface area contributed by atoms with Crippen LogP contribution >= 0.6 is 11.8 Å². The summed E-state index contributed by atoms with van der Waals surface area (Å²) in [6.45, 7) is 2.04. The molecule has 1 saturated heterocycles. The SMILES string of the molecule is CCC1CC(=O)NC(SCC(=O)NC)N1. The molecule has 1 heterocycles. The molecule has 0 aliphatic carbocycles. The van der Waals surface area contributed by atoms with E-state index in [1.54, 1.807) is 7.05 Å². The first-order valence-corrected chi connectivity index (χ1v) is 6.08. The summed E-state index contributed by atoms with van der Waals surface area (Å²) in [6.07, 6.45) is 1.44. The lowest BCUT2D eigenvalue weighted by Gasteiger charge is -2.30. The third kappa shape index (κ3) is 4.09. The van der Waals surface area contributed by atoms with Crippen LogP contribution in [0, 0.1) is 0 Å². The van der Waals surface area contributed by atoms with Crippen LogP contribution in [0.2, 0.25) is 0 Å². The molecule has 0 saturated carbocycles. The van der Waals surface area contributed by atoms with Gasteiger partial charge in [0.25, 0.3) is 0 Å². The molecule has 2 unspecified atom stereocenters. The molecule has 1 rings (SSSR count). The highest BCUT2D eigenvalue weighted by molar-refractivity contribution is 8.00. The number of nitrogens with one attached hydrogen (secondary N) is 3. The molecule has 6 heteroatoms. The Labute approximate surface area is 93.7 Å². The molecule has 1 aliphatic rings. The fraction of sp³-hybridized carbons (Fsp3) is 0.778. The summed E-state index contributed by atoms with van der Waals surface area (Å²) >= 11 is 1.40. The highest BCUT2D eigenvalue weighted by Gasteiger charge is 2.24. The van der Waals surface area contributed by atoms with Gasteiger partial charge in [0.2, 0.25) is 11.8 Å². The second-order valence-electron chi connectivity index (χ2n) is 3.41. The molecule has 0 aromatic carbocycles. The lowest BCUT2D eigenvalue weighted by Crippen LogP contribution is -2.54. The number of rotatable bonds is 4. The van der Waals surface area contributed by atoms with E-state index in [0.717, 1.165) is 6.42 Å². The highest BCUT2D eigenvalue weighted by Crippen LogP contribution is 2.13. The number of hydrogen-bond donors (Lipinski definition) is 3. The molecule has 0 aromatic rings. The van der Waals surface area contributed by atoms with Gasteiger partial charge in [0.1, 0.15) is 5.50 Å². The van der Waals surface area contributed by atoms with Gasteiger partial charge in [-0.05, 0) is 6.42 Å². The fourth-order valence-electron chi connectivity index (χ4n) is 1.33. The lowest BCUT2D eigenvalue weighted by molar-refractivity contribution is -0.123. The van der Waals surface area contributed by atoms with Crippen molar-refractivity contribution in [2.24, 2.45) is 0 Å². The van der Waals surface area contributed by atoms with E-state index in [4.69, 9.17) is 0 Å². The second-order valence-corrected chi connectivity index (χ2v) is 4.50. The molecular formula is C9H17N3O2S. The van der Waals surface area contributed by atoms with Crippen LogP contribution in [0.25, 0.3) is 0 Å². The summed E-state index contributed by atoms with van der Waals surface area (Å²) in [4.78, 5) is 22.3. The van der Waals surface area contributed by atoms with Crippen molar-refractivity contribution in [2.45, 2.75) is 31.3 Å². The maximum absolute atomic E-state index is 11.3. The monoisotopic (exact) mass is 231 g/mol. The van der Waals surface area contributed by atoms with Crippen LogP contribution in [0.3, 0.4) is 0 Å². The Morgan fingerprint density at radius 3 is 3.00 bits per heavy atom. The topological polar surface area (TPSA) is 70.2 Å². The van der Waals surface area contributed by atoms with E-state index in [-0.39, 0.29) is 23.4 Å². The first-order valence-electron chi connectivity index (χ1n) is 5.03. The van der Waals surface area contributed by atoms with Gasteiger partial charge in [-0.2, -0.15) is 0 Å². The Bertz CT molecular complexity index is 248. The van der Waals surface area contributed by atoms with Crippen LogP contribution in [-0.4, -0.2) is 36.2 Å². The van der Waals surface area contributed by atoms with Gasteiger partial charge in [0.15, 0.2) is 0 Å². The van der Waals surface area contributed by atoms with Crippen molar-refractivity contribution in [1.29, 1.82) is 0 Å². The summed E-state index contributed by atoms with van der Waals surface area (Å²) < 4.78 is 0. The van der Waals surface area contributed by atoms with Gasteiger partial charge in [-0.3, -0.25) is 14.9 Å². The number of thioether (sulfide) groups is 1. The molecule has 3 N–H and O–H groups in total. The minimum Gasteiger partial charge on any atom is -0.358 e. The minimum absolute atomic E-state index is 0.0327. The number of amides is 2. The predicted octanol–water partition coefficient (Wildman–Crippen LogP) is -0.363. The smallest absolute Gasteiger partial charge is 0.229 e. The first-order chi connectivity index (χ1) is 7.15. The quantitative estimate of drug-likeness (QED) is 0.618. The predicted molar refractivity (Wildman–Crippen MR) is 60.3 cm³/mol. The average molecular weight is 231 g/mol. The molecule has 5 nitrogen and oxygen atoms in total. The van der Waals surface area contributed by atoms with E-state index >= 15 is 0 Å². The summed E-state index contributed by atoms with van der Waals surface area (Å²) in [7, 11) is 1.60. The van der Waals surface area contributed by atoms with Crippen LogP contribution in [0.4, 0.5) is 0 Å². The van der Waals surface area contributed by atoms with E-state index < -0.39 is 0 Å². The van der Waals surface area contributed by atoms with Gasteiger partial charge in [-0.15, -0.1) is 11.8 Å². The molecule has 0 bridgehead atoms. The minimum atomic E-state index is -0.145. The Kier molecular flexibility index (Phi) is 4.90. The van der Waals surface area contributed by atoms with Crippen LogP contribution in [0.1, 0.15) is 19.8 Å². The molecule has 15 heavy (non-hydrogen) atoms. The van der Waals surface area contributed by atoms with Crippen molar-refractivity contribution >= 4 is 23.6 Å². The number of carbonyl (C=O) groups is 2. The molecule has 2 atom stereocenters. The van der Waals surface area contributed by atoms with Crippen molar-refractivity contribution in [3.05, 3.63) is 0 Å². The third-order valence-electron chi connectivity index (χ3n) is 2.26. The second kappa shape index (κ2) is 5.97. The zero-order valence-corrected chi connectivity index (χ0v) is 9.82. The van der Waals surface area contributed by atoms with Crippen molar-refractivity contribution < 1.29 is 9.59 Å². The molecule has 1 aliphatic heterocycles. The Balaban J connectivity index is 2.34. The van der Waals surface area contributed by atoms with Gasteiger partial charge in [-0.1, -0.05) is 6.92 Å². The zero-order valence-electron chi connectivity index (χ0n) is 9.00. The normalized spacial score (nSPS) is 25.9. The fourth-order valence-corrected chi connectivity index (χ4v) is 2.29. The van der Waals surface area contributed by atoms with Gasteiger partial charge >= 0.3 is 0 Å². The van der Waals surface area contributed by atoms with E-state index in [0.29, 0.717) is 12.2 Å². The summed E-state index contributed by atoms with van der Waals surface area (Å²) in [5, 5.41) is 8.60. The van der Waals surface area contributed by atoms with E-state index in [2.05, 4.69) is 16.0 Å². The van der Waals surface area contributed by atoms with E-state index in [1.807, 2.05) is 6.92 Å². The lowest BCUT2D eigenvalue weighted by atomic mass is 10.1. The van der Waals surface area contributed by atoms with Crippen LogP contribution in [0.5, 0.6) is 0 Å². The molecular weight excluding hydrogens is 214 g/mol. The Hall–Kier alpha value is -0.750. The summed E-state index contributed by atoms with van der Waals surface area (Å²) in [5.74, 6) is 0.370. The summed E-state index contributed by atoms with van der Waals surface area (Å²) in [5.41, 5.74) is -0.145. The molecule has 2 amide bonds. The Morgan fingerprint density at radius 2 is 2.40 bits per heavy atom. The van der Waals surface area contributed by atoms with E-state index in [9.17, 15) is 9.59 Å². The van der Waals surface area contributed by atoms with Crippen molar-refractivity contribution in [3.8, 4) is 0 Å². The number of hydrogen-bond acceptors (Lipinski definition) is 4.